The Balaban J connectivity index is 3.66. The minimum atomic E-state index is -6.49. The fraction of sp³-hybridized carbons (Fsp3) is 1.00. The van der Waals surface area contributed by atoms with Gasteiger partial charge in [0.15, 0.2) is 0 Å². The second-order valence-corrected chi connectivity index (χ2v) is 6.85. The Hall–Kier alpha value is -0.560. The number of nitrogens with one attached hydrogen (secondary N) is 1. The van der Waals surface area contributed by atoms with Crippen LogP contribution in [0.5, 0.6) is 0 Å². The summed E-state index contributed by atoms with van der Waals surface area (Å²) >= 11 is 0. The smallest absolute Gasteiger partial charge is 0.211 e. The van der Waals surface area contributed by atoms with Gasteiger partial charge in [-0.25, -0.2) is 16.8 Å². The number of halogens is 6. The Morgan fingerprint density at radius 1 is 0.882 bits per heavy atom. The lowest BCUT2D eigenvalue weighted by atomic mass is 10.2. The van der Waals surface area contributed by atoms with E-state index in [2.05, 4.69) is 0 Å². The van der Waals surface area contributed by atoms with E-state index in [9.17, 15) is 43.2 Å². The van der Waals surface area contributed by atoms with Crippen LogP contribution in [0.15, 0.2) is 0 Å². The van der Waals surface area contributed by atoms with Crippen LogP contribution in [0.1, 0.15) is 0 Å². The molecule has 0 aromatic rings. The third-order valence-corrected chi connectivity index (χ3v) is 5.34. The first kappa shape index (κ1) is 14.5. The lowest BCUT2D eigenvalue weighted by Gasteiger charge is -2.27. The van der Waals surface area contributed by atoms with Crippen molar-refractivity contribution in [2.45, 2.75) is 17.1 Å². The number of hydrogen-bond acceptors (Lipinski definition) is 4. The van der Waals surface area contributed by atoms with E-state index in [1.807, 2.05) is 0 Å². The molecule has 0 aromatic carbocycles. The van der Waals surface area contributed by atoms with Crippen LogP contribution in [0.2, 0.25) is 0 Å². The molecule has 1 aliphatic heterocycles. The van der Waals surface area contributed by atoms with Crippen molar-refractivity contribution >= 4 is 20.0 Å². The Labute approximate surface area is 90.9 Å². The fourth-order valence-corrected chi connectivity index (χ4v) is 4.10. The maximum absolute atomic E-state index is 12.7. The van der Waals surface area contributed by atoms with E-state index in [4.69, 9.17) is 0 Å². The van der Waals surface area contributed by atoms with Crippen molar-refractivity contribution in [1.82, 2.24) is 4.13 Å². The van der Waals surface area contributed by atoms with E-state index in [0.717, 1.165) is 0 Å². The number of alkyl halides is 6. The van der Waals surface area contributed by atoms with Gasteiger partial charge in [-0.15, -0.1) is 4.13 Å². The molecular formula is C4H3F6NO4S2. The van der Waals surface area contributed by atoms with Crippen molar-refractivity contribution in [1.29, 1.82) is 0 Å². The molecule has 13 heteroatoms. The third-order valence-electron chi connectivity index (χ3n) is 1.77. The largest absolute Gasteiger partial charge is 0.427 e. The Morgan fingerprint density at radius 3 is 1.71 bits per heavy atom. The van der Waals surface area contributed by atoms with Gasteiger partial charge in [0.1, 0.15) is 5.75 Å². The monoisotopic (exact) mass is 307 g/mol. The van der Waals surface area contributed by atoms with Crippen molar-refractivity contribution in [2.75, 3.05) is 5.75 Å². The van der Waals surface area contributed by atoms with Crippen LogP contribution < -0.4 is 4.13 Å². The van der Waals surface area contributed by atoms with Crippen LogP contribution in [0.3, 0.4) is 0 Å². The van der Waals surface area contributed by atoms with Gasteiger partial charge in [-0.3, -0.25) is 0 Å². The summed E-state index contributed by atoms with van der Waals surface area (Å²) in [4.78, 5) is 0. The zero-order valence-electron chi connectivity index (χ0n) is 7.42. The molecule has 0 atom stereocenters. The third kappa shape index (κ3) is 1.89. The molecule has 1 N–H and O–H groups in total. The predicted octanol–water partition coefficient (Wildman–Crippen LogP) is 0.113. The van der Waals surface area contributed by atoms with Crippen molar-refractivity contribution in [3.63, 3.8) is 0 Å². The Kier molecular flexibility index (Phi) is 2.78. The van der Waals surface area contributed by atoms with Crippen molar-refractivity contribution in [3.05, 3.63) is 0 Å². The maximum Gasteiger partial charge on any atom is 0.427 e. The second kappa shape index (κ2) is 3.26. The van der Waals surface area contributed by atoms with E-state index >= 15 is 0 Å². The van der Waals surface area contributed by atoms with Gasteiger partial charge in [-0.1, -0.05) is 0 Å². The van der Waals surface area contributed by atoms with E-state index in [1.54, 1.807) is 0 Å². The van der Waals surface area contributed by atoms with E-state index in [0.29, 0.717) is 0 Å². The zero-order chi connectivity index (χ0) is 13.9. The van der Waals surface area contributed by atoms with Gasteiger partial charge < -0.3 is 0 Å². The molecule has 0 unspecified atom stereocenters. The molecular weight excluding hydrogens is 304 g/mol. The highest BCUT2D eigenvalue weighted by Gasteiger charge is 2.80. The van der Waals surface area contributed by atoms with Crippen molar-refractivity contribution in [3.8, 4) is 0 Å². The molecule has 0 bridgehead atoms. The summed E-state index contributed by atoms with van der Waals surface area (Å²) in [6.45, 7) is 0. The normalized spacial score (nSPS) is 32.6. The molecule has 0 saturated carbocycles. The molecule has 17 heavy (non-hydrogen) atoms. The molecule has 0 radical (unpaired) electrons. The Morgan fingerprint density at radius 2 is 1.29 bits per heavy atom. The molecule has 0 aromatic heterocycles. The maximum atomic E-state index is 12.7. The molecule has 0 spiro atoms. The van der Waals surface area contributed by atoms with Crippen molar-refractivity contribution < 1.29 is 43.2 Å². The van der Waals surface area contributed by atoms with Crippen LogP contribution >= 0.6 is 0 Å². The highest BCUT2D eigenvalue weighted by atomic mass is 32.3. The van der Waals surface area contributed by atoms with Gasteiger partial charge in [0.05, 0.1) is 0 Å². The second-order valence-electron chi connectivity index (χ2n) is 3.14. The molecule has 5 nitrogen and oxygen atoms in total. The van der Waals surface area contributed by atoms with E-state index in [-0.39, 0.29) is 4.13 Å². The minimum Gasteiger partial charge on any atom is -0.211 e. The van der Waals surface area contributed by atoms with Crippen LogP contribution in [-0.4, -0.2) is 39.7 Å². The highest BCUT2D eigenvalue weighted by molar-refractivity contribution is 8.05. The molecule has 102 valence electrons. The lowest BCUT2D eigenvalue weighted by molar-refractivity contribution is -0.269. The van der Waals surface area contributed by atoms with E-state index in [1.165, 1.54) is 0 Å². The standard InChI is InChI=1S/C4H3F6NO4S2/c5-2(6)1-16(12,13)11-17(14,15)4(9,10)3(2,7)8/h11H,1H2. The lowest BCUT2D eigenvalue weighted by Crippen LogP contribution is -2.58. The average molecular weight is 307 g/mol. The molecule has 0 amide bonds. The van der Waals surface area contributed by atoms with Crippen LogP contribution in [0.4, 0.5) is 26.3 Å². The fourth-order valence-electron chi connectivity index (χ4n) is 0.960. The van der Waals surface area contributed by atoms with Gasteiger partial charge >= 0.3 is 17.1 Å². The van der Waals surface area contributed by atoms with Crippen LogP contribution in [-0.2, 0) is 20.0 Å². The summed E-state index contributed by atoms with van der Waals surface area (Å²) in [5, 5.41) is -6.26. The first-order valence-electron chi connectivity index (χ1n) is 3.56. The number of hydrogen-bond donors (Lipinski definition) is 1. The van der Waals surface area contributed by atoms with Crippen LogP contribution in [0, 0.1) is 0 Å². The Bertz CT molecular complexity index is 536. The molecule has 1 heterocycles. The van der Waals surface area contributed by atoms with Gasteiger partial charge in [0.25, 0.3) is 10.0 Å². The quantitative estimate of drug-likeness (QED) is 0.644. The zero-order valence-corrected chi connectivity index (χ0v) is 9.06. The summed E-state index contributed by atoms with van der Waals surface area (Å²) in [7, 11) is -12.0. The number of rotatable bonds is 0. The summed E-state index contributed by atoms with van der Waals surface area (Å²) in [6.07, 6.45) is 0. The molecule has 1 rings (SSSR count). The number of sulfonamides is 2. The summed E-state index contributed by atoms with van der Waals surface area (Å²) in [5.41, 5.74) is 0. The SMILES string of the molecule is O=S1(=O)CC(F)(F)C(F)(F)C(F)(F)S(=O)(=O)N1. The molecule has 0 aliphatic carbocycles. The van der Waals surface area contributed by atoms with Gasteiger partial charge in [0.2, 0.25) is 10.0 Å². The molecule has 1 aliphatic rings. The first-order valence-corrected chi connectivity index (χ1v) is 6.69. The molecule has 1 fully saturated rings. The summed E-state index contributed by atoms with van der Waals surface area (Å²) < 4.78 is 119. The first-order chi connectivity index (χ1) is 7.16. The summed E-state index contributed by atoms with van der Waals surface area (Å²) in [5.74, 6) is -14.8. The molecule has 1 saturated heterocycles. The average Bonchev–Trinajstić information content (AvgIpc) is 1.98. The van der Waals surface area contributed by atoms with Gasteiger partial charge in [-0.05, 0) is 0 Å². The predicted molar refractivity (Wildman–Crippen MR) is 40.7 cm³/mol. The minimum absolute atomic E-state index is 0.130. The van der Waals surface area contributed by atoms with Crippen molar-refractivity contribution in [2.24, 2.45) is 0 Å². The van der Waals surface area contributed by atoms with Gasteiger partial charge in [-0.2, -0.15) is 26.3 Å². The topological polar surface area (TPSA) is 80.3 Å². The van der Waals surface area contributed by atoms with Crippen LogP contribution in [0.25, 0.3) is 0 Å². The van der Waals surface area contributed by atoms with E-state index < -0.39 is 42.9 Å². The summed E-state index contributed by atoms with van der Waals surface area (Å²) in [6, 6.07) is 0. The van der Waals surface area contributed by atoms with Gasteiger partial charge in [0, 0.05) is 0 Å². The highest BCUT2D eigenvalue weighted by Crippen LogP contribution is 2.50.